The molecule has 0 radical (unpaired) electrons. The highest BCUT2D eigenvalue weighted by molar-refractivity contribution is 7.99. The summed E-state index contributed by atoms with van der Waals surface area (Å²) < 4.78 is 29.2. The number of nitrogens with two attached hydrogens (primary N) is 2. The number of aromatic nitrogens is 2. The molecule has 4 N–H and O–H groups in total. The number of hydrogen-bond donors (Lipinski definition) is 2. The summed E-state index contributed by atoms with van der Waals surface area (Å²) in [5.74, 6) is 0.672. The fourth-order valence-electron chi connectivity index (χ4n) is 2.00. The Morgan fingerprint density at radius 3 is 2.48 bits per heavy atom. The third kappa shape index (κ3) is 3.85. The fraction of sp³-hybridized carbons (Fsp3) is 0.286. The maximum atomic E-state index is 12.0. The summed E-state index contributed by atoms with van der Waals surface area (Å²) in [4.78, 5) is 9.33. The highest BCUT2D eigenvalue weighted by Gasteiger charge is 2.19. The van der Waals surface area contributed by atoms with Crippen LogP contribution in [0.5, 0.6) is 5.75 Å². The van der Waals surface area contributed by atoms with E-state index >= 15 is 0 Å². The number of methoxy groups -OCH3 is 1. The first-order valence-corrected chi connectivity index (χ1v) is 9.43. The molecule has 9 heteroatoms. The van der Waals surface area contributed by atoms with Crippen LogP contribution < -0.4 is 16.2 Å². The van der Waals surface area contributed by atoms with Crippen molar-refractivity contribution in [2.75, 3.05) is 24.8 Å². The third-order valence-corrected chi connectivity index (χ3v) is 5.40. The van der Waals surface area contributed by atoms with Crippen LogP contribution in [0.2, 0.25) is 0 Å². The van der Waals surface area contributed by atoms with Crippen molar-refractivity contribution < 1.29 is 13.2 Å². The first-order chi connectivity index (χ1) is 10.8. The lowest BCUT2D eigenvalue weighted by molar-refractivity contribution is 0.401. The summed E-state index contributed by atoms with van der Waals surface area (Å²) in [7, 11) is -1.98. The standard InChI is InChI=1S/C14H18N4O3S2/c1-4-8-5-9(21-2)12(23(3,19)20)6-10(8)22-11-7-17-14(16)18-13(11)15/h5-7H,4H2,1-3H3,(H4,15,16,17,18). The van der Waals surface area contributed by atoms with E-state index in [1.165, 1.54) is 25.1 Å². The van der Waals surface area contributed by atoms with Crippen LogP contribution in [0.15, 0.2) is 33.0 Å². The minimum atomic E-state index is -3.42. The van der Waals surface area contributed by atoms with Crippen molar-refractivity contribution in [2.24, 2.45) is 0 Å². The van der Waals surface area contributed by atoms with Crippen molar-refractivity contribution in [2.45, 2.75) is 28.0 Å². The predicted molar refractivity (Wildman–Crippen MR) is 90.5 cm³/mol. The third-order valence-electron chi connectivity index (χ3n) is 3.15. The number of nitrogens with zero attached hydrogens (tertiary/aromatic N) is 2. The van der Waals surface area contributed by atoms with Gasteiger partial charge in [0.15, 0.2) is 9.84 Å². The van der Waals surface area contributed by atoms with Crippen molar-refractivity contribution >= 4 is 33.4 Å². The van der Waals surface area contributed by atoms with Crippen molar-refractivity contribution in [3.05, 3.63) is 23.9 Å². The molecular weight excluding hydrogens is 336 g/mol. The zero-order chi connectivity index (χ0) is 17.2. The van der Waals surface area contributed by atoms with Gasteiger partial charge in [0.05, 0.1) is 12.0 Å². The highest BCUT2D eigenvalue weighted by Crippen LogP contribution is 2.38. The smallest absolute Gasteiger partial charge is 0.221 e. The number of nitrogen functional groups attached to an aromatic ring is 2. The van der Waals surface area contributed by atoms with E-state index in [1.54, 1.807) is 12.1 Å². The molecule has 1 heterocycles. The molecule has 0 amide bonds. The van der Waals surface area contributed by atoms with Crippen LogP contribution in [0.1, 0.15) is 12.5 Å². The normalized spacial score (nSPS) is 11.4. The molecule has 1 aromatic carbocycles. The second-order valence-corrected chi connectivity index (χ2v) is 7.88. The van der Waals surface area contributed by atoms with Gasteiger partial charge in [-0.05, 0) is 24.1 Å². The molecule has 0 aliphatic heterocycles. The SMILES string of the molecule is CCc1cc(OC)c(S(C)(=O)=O)cc1Sc1cnc(N)nc1N. The van der Waals surface area contributed by atoms with E-state index in [0.717, 1.165) is 16.7 Å². The quantitative estimate of drug-likeness (QED) is 0.833. The average molecular weight is 354 g/mol. The van der Waals surface area contributed by atoms with Gasteiger partial charge in [0.1, 0.15) is 16.5 Å². The van der Waals surface area contributed by atoms with Gasteiger partial charge in [-0.1, -0.05) is 18.7 Å². The number of ether oxygens (including phenoxy) is 1. The minimum Gasteiger partial charge on any atom is -0.495 e. The van der Waals surface area contributed by atoms with E-state index in [0.29, 0.717) is 17.1 Å². The molecule has 0 aliphatic rings. The Morgan fingerprint density at radius 2 is 1.96 bits per heavy atom. The van der Waals surface area contributed by atoms with Gasteiger partial charge < -0.3 is 16.2 Å². The number of hydrogen-bond acceptors (Lipinski definition) is 8. The van der Waals surface area contributed by atoms with Gasteiger partial charge in [-0.2, -0.15) is 4.98 Å². The number of aryl methyl sites for hydroxylation is 1. The maximum Gasteiger partial charge on any atom is 0.221 e. The number of anilines is 2. The van der Waals surface area contributed by atoms with Gasteiger partial charge in [0.2, 0.25) is 5.95 Å². The second kappa shape index (κ2) is 6.63. The number of rotatable bonds is 5. The van der Waals surface area contributed by atoms with E-state index in [1.807, 2.05) is 6.92 Å². The van der Waals surface area contributed by atoms with Crippen LogP contribution in [0.3, 0.4) is 0 Å². The predicted octanol–water partition coefficient (Wildman–Crippen LogP) is 1.77. The lowest BCUT2D eigenvalue weighted by Crippen LogP contribution is -2.03. The van der Waals surface area contributed by atoms with Crippen LogP contribution in [0, 0.1) is 0 Å². The molecule has 0 saturated heterocycles. The highest BCUT2D eigenvalue weighted by atomic mass is 32.2. The summed E-state index contributed by atoms with van der Waals surface area (Å²) in [6, 6.07) is 3.32. The molecule has 0 bridgehead atoms. The lowest BCUT2D eigenvalue weighted by Gasteiger charge is -2.14. The number of sulfone groups is 1. The van der Waals surface area contributed by atoms with Crippen LogP contribution in [-0.2, 0) is 16.3 Å². The molecular formula is C14H18N4O3S2. The molecule has 0 saturated carbocycles. The lowest BCUT2D eigenvalue weighted by atomic mass is 10.1. The topological polar surface area (TPSA) is 121 Å². The van der Waals surface area contributed by atoms with Gasteiger partial charge in [-0.25, -0.2) is 13.4 Å². The Morgan fingerprint density at radius 1 is 1.26 bits per heavy atom. The Hall–Kier alpha value is -2.00. The average Bonchev–Trinajstić information content (AvgIpc) is 2.48. The molecule has 124 valence electrons. The van der Waals surface area contributed by atoms with Crippen molar-refractivity contribution in [3.63, 3.8) is 0 Å². The molecule has 0 fully saturated rings. The Balaban J connectivity index is 2.56. The molecule has 0 atom stereocenters. The fourth-order valence-corrected chi connectivity index (χ4v) is 3.92. The maximum absolute atomic E-state index is 12.0. The monoisotopic (exact) mass is 354 g/mol. The summed E-state index contributed by atoms with van der Waals surface area (Å²) in [5, 5.41) is 0. The summed E-state index contributed by atoms with van der Waals surface area (Å²) in [5.41, 5.74) is 12.3. The summed E-state index contributed by atoms with van der Waals surface area (Å²) >= 11 is 1.30. The van der Waals surface area contributed by atoms with Crippen LogP contribution >= 0.6 is 11.8 Å². The van der Waals surface area contributed by atoms with Crippen LogP contribution in [0.25, 0.3) is 0 Å². The van der Waals surface area contributed by atoms with E-state index in [9.17, 15) is 8.42 Å². The summed E-state index contributed by atoms with van der Waals surface area (Å²) in [6.07, 6.45) is 3.37. The van der Waals surface area contributed by atoms with Gasteiger partial charge in [-0.15, -0.1) is 0 Å². The minimum absolute atomic E-state index is 0.0918. The van der Waals surface area contributed by atoms with Gasteiger partial charge in [0, 0.05) is 17.3 Å². The van der Waals surface area contributed by atoms with Crippen molar-refractivity contribution in [3.8, 4) is 5.75 Å². The molecule has 0 unspecified atom stereocenters. The molecule has 7 nitrogen and oxygen atoms in total. The van der Waals surface area contributed by atoms with E-state index < -0.39 is 9.84 Å². The van der Waals surface area contributed by atoms with Crippen LogP contribution in [-0.4, -0.2) is 31.8 Å². The van der Waals surface area contributed by atoms with Crippen molar-refractivity contribution in [1.29, 1.82) is 0 Å². The van der Waals surface area contributed by atoms with E-state index in [4.69, 9.17) is 16.2 Å². The first-order valence-electron chi connectivity index (χ1n) is 6.73. The molecule has 0 spiro atoms. The zero-order valence-corrected chi connectivity index (χ0v) is 14.7. The summed E-state index contributed by atoms with van der Waals surface area (Å²) in [6.45, 7) is 1.97. The molecule has 23 heavy (non-hydrogen) atoms. The Labute approximate surface area is 139 Å². The van der Waals surface area contributed by atoms with Gasteiger partial charge in [-0.3, -0.25) is 0 Å². The second-order valence-electron chi connectivity index (χ2n) is 4.82. The van der Waals surface area contributed by atoms with E-state index in [-0.39, 0.29) is 16.7 Å². The Kier molecular flexibility index (Phi) is 5.00. The van der Waals surface area contributed by atoms with Gasteiger partial charge >= 0.3 is 0 Å². The Bertz CT molecular complexity index is 838. The zero-order valence-electron chi connectivity index (χ0n) is 13.0. The van der Waals surface area contributed by atoms with Crippen molar-refractivity contribution in [1.82, 2.24) is 9.97 Å². The van der Waals surface area contributed by atoms with E-state index in [2.05, 4.69) is 9.97 Å². The van der Waals surface area contributed by atoms with Gasteiger partial charge in [0.25, 0.3) is 0 Å². The largest absolute Gasteiger partial charge is 0.495 e. The number of benzene rings is 1. The van der Waals surface area contributed by atoms with Crippen LogP contribution in [0.4, 0.5) is 11.8 Å². The molecule has 0 aliphatic carbocycles. The molecule has 1 aromatic heterocycles. The first kappa shape index (κ1) is 17.4. The molecule has 2 aromatic rings. The molecule has 2 rings (SSSR count).